The van der Waals surface area contributed by atoms with E-state index in [1.165, 1.54) is 5.56 Å². The quantitative estimate of drug-likeness (QED) is 0.810. The molecule has 0 aromatic heterocycles. The van der Waals surface area contributed by atoms with E-state index in [1.807, 2.05) is 43.3 Å². The molecular formula is C15H16N2O. The second kappa shape index (κ2) is 5.36. The van der Waals surface area contributed by atoms with Crippen LogP contribution in [0.3, 0.4) is 0 Å². The number of nitrogens with two attached hydrogens (primary N) is 1. The average molecular weight is 240 g/mol. The summed E-state index contributed by atoms with van der Waals surface area (Å²) in [5, 5.41) is 2.81. The van der Waals surface area contributed by atoms with Gasteiger partial charge in [-0.05, 0) is 24.6 Å². The minimum Gasteiger partial charge on any atom is -0.397 e. The molecular weight excluding hydrogens is 224 g/mol. The third-order valence-corrected chi connectivity index (χ3v) is 2.72. The molecule has 0 aliphatic rings. The number of para-hydroxylation sites is 2. The fourth-order valence-corrected chi connectivity index (χ4v) is 1.70. The van der Waals surface area contributed by atoms with E-state index in [0.29, 0.717) is 17.8 Å². The average Bonchev–Trinajstić information content (AvgIpc) is 2.35. The van der Waals surface area contributed by atoms with Crippen molar-refractivity contribution >= 4 is 17.3 Å². The van der Waals surface area contributed by atoms with Gasteiger partial charge in [0.15, 0.2) is 0 Å². The minimum absolute atomic E-state index is 0.0586. The normalized spacial score (nSPS) is 10.1. The van der Waals surface area contributed by atoms with Crippen LogP contribution in [0.4, 0.5) is 11.4 Å². The Hall–Kier alpha value is -2.29. The summed E-state index contributed by atoms with van der Waals surface area (Å²) in [6.45, 7) is 2.02. The van der Waals surface area contributed by atoms with Crippen molar-refractivity contribution in [1.29, 1.82) is 0 Å². The highest BCUT2D eigenvalue weighted by Gasteiger charge is 2.05. The van der Waals surface area contributed by atoms with Crippen LogP contribution in [0.15, 0.2) is 48.5 Å². The van der Waals surface area contributed by atoms with Crippen LogP contribution in [0.5, 0.6) is 0 Å². The van der Waals surface area contributed by atoms with Crippen LogP contribution in [0.2, 0.25) is 0 Å². The molecule has 3 nitrogen and oxygen atoms in total. The number of nitrogens with one attached hydrogen (secondary N) is 1. The van der Waals surface area contributed by atoms with Gasteiger partial charge in [-0.25, -0.2) is 0 Å². The van der Waals surface area contributed by atoms with E-state index < -0.39 is 0 Å². The number of hydrogen-bond donors (Lipinski definition) is 2. The molecule has 2 aromatic rings. The fourth-order valence-electron chi connectivity index (χ4n) is 1.70. The van der Waals surface area contributed by atoms with Crippen molar-refractivity contribution in [2.75, 3.05) is 11.1 Å². The van der Waals surface area contributed by atoms with Crippen LogP contribution in [0, 0.1) is 6.92 Å². The zero-order valence-electron chi connectivity index (χ0n) is 10.3. The second-order valence-corrected chi connectivity index (χ2v) is 4.30. The summed E-state index contributed by atoms with van der Waals surface area (Å²) < 4.78 is 0. The molecule has 0 fully saturated rings. The van der Waals surface area contributed by atoms with Gasteiger partial charge in [-0.2, -0.15) is 0 Å². The van der Waals surface area contributed by atoms with E-state index in [4.69, 9.17) is 5.73 Å². The van der Waals surface area contributed by atoms with Gasteiger partial charge in [0.25, 0.3) is 0 Å². The number of benzene rings is 2. The van der Waals surface area contributed by atoms with Gasteiger partial charge in [-0.1, -0.05) is 42.0 Å². The highest BCUT2D eigenvalue weighted by Crippen LogP contribution is 2.17. The predicted molar refractivity (Wildman–Crippen MR) is 74.4 cm³/mol. The SMILES string of the molecule is Cc1ccc(CC(=O)Nc2ccccc2N)cc1. The van der Waals surface area contributed by atoms with Crippen LogP contribution >= 0.6 is 0 Å². The standard InChI is InChI=1S/C15H16N2O/c1-11-6-8-12(9-7-11)10-15(18)17-14-5-3-2-4-13(14)16/h2-9H,10,16H2,1H3,(H,17,18). The maximum atomic E-state index is 11.9. The molecule has 18 heavy (non-hydrogen) atoms. The number of carbonyl (C=O) groups excluding carboxylic acids is 1. The van der Waals surface area contributed by atoms with Gasteiger partial charge in [0.2, 0.25) is 5.91 Å². The molecule has 0 aliphatic heterocycles. The lowest BCUT2D eigenvalue weighted by molar-refractivity contribution is -0.115. The summed E-state index contributed by atoms with van der Waals surface area (Å²) in [6, 6.07) is 15.2. The molecule has 2 rings (SSSR count). The van der Waals surface area contributed by atoms with Crippen molar-refractivity contribution in [1.82, 2.24) is 0 Å². The van der Waals surface area contributed by atoms with E-state index in [1.54, 1.807) is 12.1 Å². The molecule has 0 atom stereocenters. The van der Waals surface area contributed by atoms with Gasteiger partial charge in [-0.3, -0.25) is 4.79 Å². The number of rotatable bonds is 3. The summed E-state index contributed by atoms with van der Waals surface area (Å²) in [7, 11) is 0. The van der Waals surface area contributed by atoms with E-state index in [-0.39, 0.29) is 5.91 Å². The Kier molecular flexibility index (Phi) is 3.63. The Bertz CT molecular complexity index is 547. The van der Waals surface area contributed by atoms with Gasteiger partial charge >= 0.3 is 0 Å². The first-order valence-corrected chi connectivity index (χ1v) is 5.85. The molecule has 0 spiro atoms. The van der Waals surface area contributed by atoms with Crippen LogP contribution in [-0.2, 0) is 11.2 Å². The number of hydrogen-bond acceptors (Lipinski definition) is 2. The number of aryl methyl sites for hydroxylation is 1. The number of amides is 1. The van der Waals surface area contributed by atoms with Crippen molar-refractivity contribution in [3.8, 4) is 0 Å². The van der Waals surface area contributed by atoms with E-state index >= 15 is 0 Å². The number of carbonyl (C=O) groups is 1. The third-order valence-electron chi connectivity index (χ3n) is 2.72. The molecule has 92 valence electrons. The first-order chi connectivity index (χ1) is 8.65. The molecule has 3 N–H and O–H groups in total. The van der Waals surface area contributed by atoms with Crippen LogP contribution < -0.4 is 11.1 Å². The highest BCUT2D eigenvalue weighted by atomic mass is 16.1. The van der Waals surface area contributed by atoms with Gasteiger partial charge < -0.3 is 11.1 Å². The van der Waals surface area contributed by atoms with Crippen molar-refractivity contribution in [2.24, 2.45) is 0 Å². The molecule has 0 unspecified atom stereocenters. The van der Waals surface area contributed by atoms with Crippen LogP contribution in [0.1, 0.15) is 11.1 Å². The molecule has 0 radical (unpaired) electrons. The second-order valence-electron chi connectivity index (χ2n) is 4.30. The van der Waals surface area contributed by atoms with Crippen molar-refractivity contribution in [3.05, 3.63) is 59.7 Å². The largest absolute Gasteiger partial charge is 0.397 e. The predicted octanol–water partition coefficient (Wildman–Crippen LogP) is 2.76. The number of nitrogen functional groups attached to an aromatic ring is 1. The maximum Gasteiger partial charge on any atom is 0.228 e. The highest BCUT2D eigenvalue weighted by molar-refractivity contribution is 5.95. The minimum atomic E-state index is -0.0586. The zero-order valence-corrected chi connectivity index (χ0v) is 10.3. The van der Waals surface area contributed by atoms with Gasteiger partial charge in [0, 0.05) is 0 Å². The fraction of sp³-hybridized carbons (Fsp3) is 0.133. The zero-order chi connectivity index (χ0) is 13.0. The van der Waals surface area contributed by atoms with Gasteiger partial charge in [0.1, 0.15) is 0 Å². The Morgan fingerprint density at radius 2 is 1.78 bits per heavy atom. The third kappa shape index (κ3) is 3.10. The summed E-state index contributed by atoms with van der Waals surface area (Å²) >= 11 is 0. The first-order valence-electron chi connectivity index (χ1n) is 5.85. The molecule has 0 saturated carbocycles. The first kappa shape index (κ1) is 12.2. The smallest absolute Gasteiger partial charge is 0.228 e. The Morgan fingerprint density at radius 3 is 2.44 bits per heavy atom. The molecule has 0 saturated heterocycles. The topological polar surface area (TPSA) is 55.1 Å². The monoisotopic (exact) mass is 240 g/mol. The van der Waals surface area contributed by atoms with Crippen LogP contribution in [-0.4, -0.2) is 5.91 Å². The Morgan fingerprint density at radius 1 is 1.11 bits per heavy atom. The summed E-state index contributed by atoms with van der Waals surface area (Å²) in [5.41, 5.74) is 9.19. The van der Waals surface area contributed by atoms with Gasteiger partial charge in [-0.15, -0.1) is 0 Å². The van der Waals surface area contributed by atoms with E-state index in [2.05, 4.69) is 5.32 Å². The van der Waals surface area contributed by atoms with Crippen molar-refractivity contribution in [2.45, 2.75) is 13.3 Å². The Labute approximate surface area is 107 Å². The van der Waals surface area contributed by atoms with Crippen molar-refractivity contribution in [3.63, 3.8) is 0 Å². The summed E-state index contributed by atoms with van der Waals surface area (Å²) in [5.74, 6) is -0.0586. The lowest BCUT2D eigenvalue weighted by Crippen LogP contribution is -2.15. The molecule has 0 aliphatic carbocycles. The lowest BCUT2D eigenvalue weighted by Gasteiger charge is -2.07. The number of anilines is 2. The van der Waals surface area contributed by atoms with E-state index in [0.717, 1.165) is 5.56 Å². The molecule has 1 amide bonds. The van der Waals surface area contributed by atoms with Gasteiger partial charge in [0.05, 0.1) is 17.8 Å². The Balaban J connectivity index is 2.01. The molecule has 2 aromatic carbocycles. The lowest BCUT2D eigenvalue weighted by atomic mass is 10.1. The maximum absolute atomic E-state index is 11.9. The molecule has 3 heteroatoms. The van der Waals surface area contributed by atoms with E-state index in [9.17, 15) is 4.79 Å². The molecule has 0 heterocycles. The van der Waals surface area contributed by atoms with Crippen molar-refractivity contribution < 1.29 is 4.79 Å². The van der Waals surface area contributed by atoms with Crippen LogP contribution in [0.25, 0.3) is 0 Å². The molecule has 0 bridgehead atoms. The summed E-state index contributed by atoms with van der Waals surface area (Å²) in [4.78, 5) is 11.9. The summed E-state index contributed by atoms with van der Waals surface area (Å²) in [6.07, 6.45) is 0.356.